The molecule has 70 heavy (non-hydrogen) atoms. The van der Waals surface area contributed by atoms with Crippen molar-refractivity contribution in [1.82, 2.24) is 9.13 Å². The first-order valence-corrected chi connectivity index (χ1v) is 25.7. The molecule has 0 atom stereocenters. The van der Waals surface area contributed by atoms with Gasteiger partial charge in [0.05, 0.1) is 59.7 Å². The number of rotatable bonds is 4. The topological polar surface area (TPSA) is 38.0 Å². The zero-order valence-electron chi connectivity index (χ0n) is 37.4. The molecule has 0 aliphatic rings. The molecule has 7 heteroatoms. The van der Waals surface area contributed by atoms with Gasteiger partial charge in [0.25, 0.3) is 0 Å². The van der Waals surface area contributed by atoms with Crippen LogP contribution in [0.15, 0.2) is 188 Å². The van der Waals surface area contributed by atoms with Crippen molar-refractivity contribution in [3.8, 4) is 39.7 Å². The molecule has 0 saturated carbocycles. The monoisotopic (exact) mass is 942 g/mol. The van der Waals surface area contributed by atoms with E-state index in [2.05, 4.69) is 191 Å². The highest BCUT2D eigenvalue weighted by molar-refractivity contribution is 7.27. The van der Waals surface area contributed by atoms with E-state index in [9.17, 15) is 11.8 Å². The molecule has 0 aliphatic carbocycles. The van der Waals surface area contributed by atoms with Gasteiger partial charge >= 0.3 is 0 Å². The Labute approximate surface area is 412 Å². The van der Waals surface area contributed by atoms with Gasteiger partial charge in [0.1, 0.15) is 6.07 Å². The van der Waals surface area contributed by atoms with E-state index >= 15 is 0 Å². The highest BCUT2D eigenvalue weighted by atomic mass is 32.1. The molecule has 0 aliphatic heterocycles. The SMILES string of the molecule is [C-]#[N+]c1c(-c2ccccc2)c(C#N)c(-n2c3ccccc3c3cc(C)c4c5ccccc5sc4c32)c(-c2ccccc2)c1-n1c2c(ccc3c4ccccc4sc32)c2ccc3c4ccccc4sc3c21. The molecule has 5 aromatic heterocycles. The average Bonchev–Trinajstić information content (AvgIpc) is 4.23. The first-order valence-electron chi connectivity index (χ1n) is 23.3. The molecule has 0 N–H and O–H groups in total. The fourth-order valence-electron chi connectivity index (χ4n) is 11.7. The molecule has 0 bridgehead atoms. The molecule has 0 amide bonds. The van der Waals surface area contributed by atoms with E-state index in [1.54, 1.807) is 0 Å². The van der Waals surface area contributed by atoms with Gasteiger partial charge in [-0.3, -0.25) is 0 Å². The first kappa shape index (κ1) is 39.4. The number of benzene rings is 10. The normalized spacial score (nSPS) is 12.0. The second-order valence-electron chi connectivity index (χ2n) is 18.1. The number of nitrogens with zero attached hydrogens (tertiary/aromatic N) is 4. The van der Waals surface area contributed by atoms with Crippen molar-refractivity contribution in [3.63, 3.8) is 0 Å². The molecule has 0 spiro atoms. The molecule has 0 radical (unpaired) electrons. The Hall–Kier alpha value is -8.56. The molecule has 0 unspecified atom stereocenters. The summed E-state index contributed by atoms with van der Waals surface area (Å²) in [6.45, 7) is 11.8. The van der Waals surface area contributed by atoms with E-state index in [-0.39, 0.29) is 0 Å². The maximum Gasteiger partial charge on any atom is 0.220 e. The molecular weight excluding hydrogens is 909 g/mol. The van der Waals surface area contributed by atoms with Gasteiger partial charge in [0, 0.05) is 79.1 Å². The summed E-state index contributed by atoms with van der Waals surface area (Å²) in [7, 11) is 0. The summed E-state index contributed by atoms with van der Waals surface area (Å²) in [6.07, 6.45) is 0. The van der Waals surface area contributed by atoms with Gasteiger partial charge in [0.2, 0.25) is 5.69 Å². The number of hydrogen-bond donors (Lipinski definition) is 0. The third-order valence-corrected chi connectivity index (χ3v) is 18.0. The Balaban J connectivity index is 1.27. The van der Waals surface area contributed by atoms with Gasteiger partial charge < -0.3 is 9.13 Å². The maximum absolute atomic E-state index is 12.1. The van der Waals surface area contributed by atoms with Gasteiger partial charge in [-0.05, 0) is 53.9 Å². The number of aromatic nitrogens is 2. The molecule has 15 aromatic rings. The summed E-state index contributed by atoms with van der Waals surface area (Å²) < 4.78 is 12.0. The number of aryl methyl sites for hydroxylation is 1. The van der Waals surface area contributed by atoms with Crippen molar-refractivity contribution in [2.45, 2.75) is 6.92 Å². The van der Waals surface area contributed by atoms with Crippen molar-refractivity contribution >= 4 is 144 Å². The quantitative estimate of drug-likeness (QED) is 0.162. The summed E-state index contributed by atoms with van der Waals surface area (Å²) in [5, 5.41) is 23.8. The minimum absolute atomic E-state index is 0.434. The number of para-hydroxylation sites is 1. The lowest BCUT2D eigenvalue weighted by Crippen LogP contribution is -2.09. The van der Waals surface area contributed by atoms with Crippen molar-refractivity contribution in [2.75, 3.05) is 0 Å². The van der Waals surface area contributed by atoms with E-state index in [0.29, 0.717) is 16.8 Å². The van der Waals surface area contributed by atoms with E-state index in [1.165, 1.54) is 56.7 Å². The smallest absolute Gasteiger partial charge is 0.220 e. The lowest BCUT2D eigenvalue weighted by molar-refractivity contribution is 1.14. The lowest BCUT2D eigenvalue weighted by atomic mass is 9.88. The molecule has 0 fully saturated rings. The van der Waals surface area contributed by atoms with Crippen LogP contribution in [0.3, 0.4) is 0 Å². The highest BCUT2D eigenvalue weighted by Gasteiger charge is 2.33. The largest absolute Gasteiger partial charge is 0.316 e. The summed E-state index contributed by atoms with van der Waals surface area (Å²) in [5.74, 6) is 0. The average molecular weight is 943 g/mol. The number of nitriles is 1. The standard InChI is InChI=1S/C63H34N4S3/c1-35-33-46-38-21-9-13-25-48(38)66(59(46)63-52(35)45-24-12-16-28-51(45)70-63)56-47(34-64)53(36-17-5-3-6-18-36)55(65-2)60(54(56)37-19-7-4-8-20-37)67-57-41(29-31-43-39-22-10-14-26-49(39)68-61(43)57)42-30-32-44-40-23-11-15-27-50(40)69-62(44)58(42)67/h3-33H,1H3. The van der Waals surface area contributed by atoms with Crippen LogP contribution in [0.2, 0.25) is 0 Å². The minimum atomic E-state index is 0.434. The second-order valence-corrected chi connectivity index (χ2v) is 21.2. The lowest BCUT2D eigenvalue weighted by Gasteiger charge is -2.26. The van der Waals surface area contributed by atoms with E-state index in [4.69, 9.17) is 0 Å². The van der Waals surface area contributed by atoms with Crippen molar-refractivity contribution in [1.29, 1.82) is 5.26 Å². The minimum Gasteiger partial charge on any atom is -0.316 e. The van der Waals surface area contributed by atoms with Crippen LogP contribution in [-0.4, -0.2) is 9.13 Å². The van der Waals surface area contributed by atoms with E-state index < -0.39 is 0 Å². The van der Waals surface area contributed by atoms with Crippen LogP contribution in [0.4, 0.5) is 5.69 Å². The van der Waals surface area contributed by atoms with Crippen molar-refractivity contribution in [3.05, 3.63) is 211 Å². The summed E-state index contributed by atoms with van der Waals surface area (Å²) in [6, 6.07) is 69.7. The molecule has 15 rings (SSSR count). The van der Waals surface area contributed by atoms with Gasteiger partial charge in [-0.2, -0.15) is 5.26 Å². The Morgan fingerprint density at radius 3 is 1.50 bits per heavy atom. The third kappa shape index (κ3) is 5.21. The highest BCUT2D eigenvalue weighted by Crippen LogP contribution is 2.56. The van der Waals surface area contributed by atoms with Crippen molar-refractivity contribution < 1.29 is 0 Å². The maximum atomic E-state index is 12.1. The molecule has 10 aromatic carbocycles. The van der Waals surface area contributed by atoms with Crippen LogP contribution in [0.25, 0.3) is 143 Å². The molecule has 0 saturated heterocycles. The Morgan fingerprint density at radius 1 is 0.443 bits per heavy atom. The van der Waals surface area contributed by atoms with Gasteiger partial charge in [-0.25, -0.2) is 4.85 Å². The Bertz CT molecular complexity index is 4730. The molecular formula is C63H34N4S3. The predicted octanol–water partition coefficient (Wildman–Crippen LogP) is 19.0. The molecule has 4 nitrogen and oxygen atoms in total. The van der Waals surface area contributed by atoms with Crippen LogP contribution in [0.5, 0.6) is 0 Å². The van der Waals surface area contributed by atoms with Crippen LogP contribution in [0, 0.1) is 24.8 Å². The Morgan fingerprint density at radius 2 is 0.914 bits per heavy atom. The molecule has 324 valence electrons. The number of fused-ring (bicyclic) bond motifs is 18. The predicted molar refractivity (Wildman–Crippen MR) is 300 cm³/mol. The second kappa shape index (κ2) is 14.7. The van der Waals surface area contributed by atoms with E-state index in [0.717, 1.165) is 81.1 Å². The van der Waals surface area contributed by atoms with E-state index in [1.807, 2.05) is 58.3 Å². The summed E-state index contributed by atoms with van der Waals surface area (Å²) in [5.41, 5.74) is 11.0. The van der Waals surface area contributed by atoms with Crippen LogP contribution in [0.1, 0.15) is 11.1 Å². The first-order chi connectivity index (χ1) is 34.6. The van der Waals surface area contributed by atoms with Crippen LogP contribution < -0.4 is 0 Å². The summed E-state index contributed by atoms with van der Waals surface area (Å²) >= 11 is 5.43. The third-order valence-electron chi connectivity index (χ3n) is 14.5. The number of hydrogen-bond acceptors (Lipinski definition) is 4. The van der Waals surface area contributed by atoms with Gasteiger partial charge in [0.15, 0.2) is 0 Å². The van der Waals surface area contributed by atoms with Crippen LogP contribution >= 0.6 is 34.0 Å². The van der Waals surface area contributed by atoms with Gasteiger partial charge in [-0.15, -0.1) is 34.0 Å². The fraction of sp³-hybridized carbons (Fsp3) is 0.0159. The van der Waals surface area contributed by atoms with Gasteiger partial charge in [-0.1, -0.05) is 158 Å². The zero-order valence-corrected chi connectivity index (χ0v) is 39.9. The summed E-state index contributed by atoms with van der Waals surface area (Å²) in [4.78, 5) is 4.67. The van der Waals surface area contributed by atoms with Crippen molar-refractivity contribution in [2.24, 2.45) is 0 Å². The fourth-order valence-corrected chi connectivity index (χ4v) is 15.5. The Kier molecular flexibility index (Phi) is 8.29. The number of thiophene rings is 3. The zero-order chi connectivity index (χ0) is 46.4. The van der Waals surface area contributed by atoms with Crippen LogP contribution in [-0.2, 0) is 0 Å². The molecule has 5 heterocycles.